The third-order valence-electron chi connectivity index (χ3n) is 4.35. The minimum absolute atomic E-state index is 0.0678. The Hall–Kier alpha value is -2.51. The molecule has 26 heavy (non-hydrogen) atoms. The number of hydrogen-bond donors (Lipinski definition) is 1. The first kappa shape index (κ1) is 16.9. The summed E-state index contributed by atoms with van der Waals surface area (Å²) in [6.45, 7) is 0.613. The molecule has 1 aliphatic rings. The predicted octanol–water partition coefficient (Wildman–Crippen LogP) is 4.11. The van der Waals surface area contributed by atoms with E-state index in [-0.39, 0.29) is 11.8 Å². The van der Waals surface area contributed by atoms with Gasteiger partial charge in [-0.3, -0.25) is 9.59 Å². The molecule has 0 aliphatic carbocycles. The van der Waals surface area contributed by atoms with E-state index in [1.807, 2.05) is 47.2 Å². The SMILES string of the molecule is O=C(Nc1nc(-c2ccccc2)cs1)[C@@H]1CCCN1C(=O)c1cccs1. The van der Waals surface area contributed by atoms with Gasteiger partial charge >= 0.3 is 0 Å². The molecule has 3 heterocycles. The summed E-state index contributed by atoms with van der Waals surface area (Å²) in [7, 11) is 0. The number of aromatic nitrogens is 1. The van der Waals surface area contributed by atoms with Crippen LogP contribution in [-0.4, -0.2) is 34.3 Å². The van der Waals surface area contributed by atoms with Crippen LogP contribution in [0.5, 0.6) is 0 Å². The Labute approximate surface area is 159 Å². The van der Waals surface area contributed by atoms with E-state index in [1.54, 1.807) is 11.0 Å². The summed E-state index contributed by atoms with van der Waals surface area (Å²) in [5.74, 6) is -0.233. The molecule has 1 N–H and O–H groups in total. The number of likely N-dealkylation sites (tertiary alicyclic amines) is 1. The van der Waals surface area contributed by atoms with Gasteiger partial charge in [-0.2, -0.15) is 0 Å². The van der Waals surface area contributed by atoms with E-state index in [2.05, 4.69) is 10.3 Å². The van der Waals surface area contributed by atoms with Gasteiger partial charge in [-0.1, -0.05) is 36.4 Å². The van der Waals surface area contributed by atoms with E-state index in [9.17, 15) is 9.59 Å². The Kier molecular flexibility index (Phi) is 4.81. The fraction of sp³-hybridized carbons (Fsp3) is 0.211. The van der Waals surface area contributed by atoms with Crippen molar-refractivity contribution in [1.29, 1.82) is 0 Å². The molecule has 0 saturated carbocycles. The molecule has 2 aromatic heterocycles. The molecule has 1 fully saturated rings. The van der Waals surface area contributed by atoms with Crippen LogP contribution in [0.3, 0.4) is 0 Å². The average Bonchev–Trinajstić information content (AvgIpc) is 3.42. The second-order valence-electron chi connectivity index (χ2n) is 6.03. The van der Waals surface area contributed by atoms with Gasteiger partial charge in [-0.25, -0.2) is 4.98 Å². The minimum Gasteiger partial charge on any atom is -0.326 e. The van der Waals surface area contributed by atoms with Gasteiger partial charge in [-0.15, -0.1) is 22.7 Å². The molecule has 4 rings (SSSR count). The maximum atomic E-state index is 12.7. The standard InChI is InChI=1S/C19H17N3O2S2/c23-17(15-8-4-10-22(15)18(24)16-9-5-11-25-16)21-19-20-14(12-26-19)13-6-2-1-3-7-13/h1-3,5-7,9,11-12,15H,4,8,10H2,(H,20,21,23)/t15-/m0/s1. The van der Waals surface area contributed by atoms with E-state index < -0.39 is 6.04 Å². The van der Waals surface area contributed by atoms with Gasteiger partial charge in [0, 0.05) is 17.5 Å². The van der Waals surface area contributed by atoms with Gasteiger partial charge in [0.2, 0.25) is 5.91 Å². The number of thiazole rings is 1. The topological polar surface area (TPSA) is 62.3 Å². The number of nitrogens with one attached hydrogen (secondary N) is 1. The first-order valence-electron chi connectivity index (χ1n) is 8.38. The van der Waals surface area contributed by atoms with Crippen molar-refractivity contribution >= 4 is 39.6 Å². The molecular formula is C19H17N3O2S2. The van der Waals surface area contributed by atoms with E-state index in [1.165, 1.54) is 22.7 Å². The number of carbonyl (C=O) groups excluding carboxylic acids is 2. The van der Waals surface area contributed by atoms with Gasteiger partial charge in [-0.05, 0) is 24.3 Å². The number of thiophene rings is 1. The smallest absolute Gasteiger partial charge is 0.264 e. The molecule has 0 bridgehead atoms. The number of anilines is 1. The van der Waals surface area contributed by atoms with Crippen LogP contribution in [-0.2, 0) is 4.79 Å². The lowest BCUT2D eigenvalue weighted by molar-refractivity contribution is -0.119. The van der Waals surface area contributed by atoms with Crippen LogP contribution in [0, 0.1) is 0 Å². The summed E-state index contributed by atoms with van der Waals surface area (Å²) in [6, 6.07) is 13.1. The second-order valence-corrected chi connectivity index (χ2v) is 7.83. The van der Waals surface area contributed by atoms with Crippen molar-refractivity contribution in [2.24, 2.45) is 0 Å². The van der Waals surface area contributed by atoms with Crippen molar-refractivity contribution in [3.63, 3.8) is 0 Å². The number of hydrogen-bond acceptors (Lipinski definition) is 5. The fourth-order valence-corrected chi connectivity index (χ4v) is 4.49. The average molecular weight is 383 g/mol. The first-order chi connectivity index (χ1) is 12.7. The normalized spacial score (nSPS) is 16.6. The van der Waals surface area contributed by atoms with E-state index in [4.69, 9.17) is 0 Å². The Morgan fingerprint density at radius 3 is 2.73 bits per heavy atom. The number of nitrogens with zero attached hydrogens (tertiary/aromatic N) is 2. The molecular weight excluding hydrogens is 366 g/mol. The highest BCUT2D eigenvalue weighted by atomic mass is 32.1. The zero-order valence-electron chi connectivity index (χ0n) is 13.9. The van der Waals surface area contributed by atoms with Crippen LogP contribution in [0.2, 0.25) is 0 Å². The lowest BCUT2D eigenvalue weighted by Crippen LogP contribution is -2.42. The van der Waals surface area contributed by atoms with Crippen LogP contribution in [0.15, 0.2) is 53.2 Å². The molecule has 2 amide bonds. The van der Waals surface area contributed by atoms with Crippen molar-refractivity contribution in [1.82, 2.24) is 9.88 Å². The lowest BCUT2D eigenvalue weighted by atomic mass is 10.2. The van der Waals surface area contributed by atoms with E-state index >= 15 is 0 Å². The van der Waals surface area contributed by atoms with Crippen molar-refractivity contribution in [2.45, 2.75) is 18.9 Å². The van der Waals surface area contributed by atoms with Gasteiger partial charge in [0.1, 0.15) is 6.04 Å². The molecule has 3 aromatic rings. The zero-order valence-corrected chi connectivity index (χ0v) is 15.6. The molecule has 1 aliphatic heterocycles. The molecule has 132 valence electrons. The summed E-state index contributed by atoms with van der Waals surface area (Å²) >= 11 is 2.80. The molecule has 0 radical (unpaired) electrons. The lowest BCUT2D eigenvalue weighted by Gasteiger charge is -2.22. The van der Waals surface area contributed by atoms with Crippen LogP contribution < -0.4 is 5.32 Å². The van der Waals surface area contributed by atoms with Gasteiger partial charge in [0.25, 0.3) is 5.91 Å². The largest absolute Gasteiger partial charge is 0.326 e. The molecule has 5 nitrogen and oxygen atoms in total. The van der Waals surface area contributed by atoms with Gasteiger partial charge in [0.15, 0.2) is 5.13 Å². The van der Waals surface area contributed by atoms with Gasteiger partial charge < -0.3 is 10.2 Å². The number of amides is 2. The molecule has 0 unspecified atom stereocenters. The Morgan fingerprint density at radius 2 is 1.96 bits per heavy atom. The summed E-state index contributed by atoms with van der Waals surface area (Å²) in [5.41, 5.74) is 1.85. The fourth-order valence-electron chi connectivity index (χ4n) is 3.09. The number of benzene rings is 1. The number of carbonyl (C=O) groups is 2. The maximum absolute atomic E-state index is 12.7. The maximum Gasteiger partial charge on any atom is 0.264 e. The molecule has 1 atom stereocenters. The second kappa shape index (κ2) is 7.39. The number of rotatable bonds is 4. The molecule has 0 spiro atoms. The zero-order chi connectivity index (χ0) is 17.9. The van der Waals surface area contributed by atoms with Gasteiger partial charge in [0.05, 0.1) is 10.6 Å². The quantitative estimate of drug-likeness (QED) is 0.737. The van der Waals surface area contributed by atoms with Crippen molar-refractivity contribution < 1.29 is 9.59 Å². The van der Waals surface area contributed by atoms with E-state index in [0.717, 1.165) is 17.7 Å². The summed E-state index contributed by atoms with van der Waals surface area (Å²) < 4.78 is 0. The highest BCUT2D eigenvalue weighted by molar-refractivity contribution is 7.14. The van der Waals surface area contributed by atoms with Crippen molar-refractivity contribution in [3.8, 4) is 11.3 Å². The third-order valence-corrected chi connectivity index (χ3v) is 5.97. The molecule has 1 aromatic carbocycles. The van der Waals surface area contributed by atoms with Crippen LogP contribution in [0.25, 0.3) is 11.3 Å². The minimum atomic E-state index is -0.436. The molecule has 7 heteroatoms. The van der Waals surface area contributed by atoms with Crippen LogP contribution in [0.4, 0.5) is 5.13 Å². The third kappa shape index (κ3) is 3.40. The van der Waals surface area contributed by atoms with Crippen LogP contribution >= 0.6 is 22.7 Å². The first-order valence-corrected chi connectivity index (χ1v) is 10.1. The van der Waals surface area contributed by atoms with E-state index in [0.29, 0.717) is 23.0 Å². The van der Waals surface area contributed by atoms with Crippen molar-refractivity contribution in [3.05, 3.63) is 58.1 Å². The van der Waals surface area contributed by atoms with Crippen LogP contribution in [0.1, 0.15) is 22.5 Å². The highest BCUT2D eigenvalue weighted by Crippen LogP contribution is 2.27. The monoisotopic (exact) mass is 383 g/mol. The highest BCUT2D eigenvalue weighted by Gasteiger charge is 2.35. The summed E-state index contributed by atoms with van der Waals surface area (Å²) in [4.78, 5) is 32.2. The van der Waals surface area contributed by atoms with Crippen molar-refractivity contribution in [2.75, 3.05) is 11.9 Å². The predicted molar refractivity (Wildman–Crippen MR) is 105 cm³/mol. The summed E-state index contributed by atoms with van der Waals surface area (Å²) in [5, 5.41) is 7.24. The Morgan fingerprint density at radius 1 is 1.12 bits per heavy atom. The summed E-state index contributed by atoms with van der Waals surface area (Å²) in [6.07, 6.45) is 1.52. The molecule has 1 saturated heterocycles. The Balaban J connectivity index is 1.46. The Bertz CT molecular complexity index is 906.